The van der Waals surface area contributed by atoms with E-state index in [1.165, 1.54) is 31.0 Å². The molecule has 2 aliphatic heterocycles. The maximum absolute atomic E-state index is 11.9. The Balaban J connectivity index is 1.74. The second-order valence-corrected chi connectivity index (χ2v) is 6.20. The number of amides is 1. The van der Waals surface area contributed by atoms with Gasteiger partial charge in [0.15, 0.2) is 5.17 Å². The molecule has 3 heterocycles. The van der Waals surface area contributed by atoms with Gasteiger partial charge in [0.1, 0.15) is 0 Å². The molecular formula is C13H14N2OS2. The number of nitrogens with zero attached hydrogens (tertiary/aromatic N) is 2. The molecule has 1 saturated heterocycles. The van der Waals surface area contributed by atoms with Crippen LogP contribution in [-0.2, 0) is 4.79 Å². The third-order valence-corrected chi connectivity index (χ3v) is 4.82. The van der Waals surface area contributed by atoms with Crippen molar-refractivity contribution in [2.24, 2.45) is 4.99 Å². The van der Waals surface area contributed by atoms with E-state index in [-0.39, 0.29) is 5.91 Å². The van der Waals surface area contributed by atoms with Gasteiger partial charge in [-0.3, -0.25) is 4.79 Å². The molecule has 0 bridgehead atoms. The quantitative estimate of drug-likeness (QED) is 0.740. The van der Waals surface area contributed by atoms with Crippen molar-refractivity contribution in [3.8, 4) is 0 Å². The number of amidine groups is 1. The van der Waals surface area contributed by atoms with Crippen LogP contribution in [0.15, 0.2) is 26.7 Å². The highest BCUT2D eigenvalue weighted by Gasteiger charge is 2.26. The maximum Gasteiger partial charge on any atom is 0.286 e. The van der Waals surface area contributed by atoms with Crippen LogP contribution in [0.2, 0.25) is 0 Å². The molecule has 2 aliphatic rings. The number of likely N-dealkylation sites (tertiary alicyclic amines) is 1. The summed E-state index contributed by atoms with van der Waals surface area (Å²) in [6.07, 6.45) is 5.64. The summed E-state index contributed by atoms with van der Waals surface area (Å²) in [5.41, 5.74) is 1.09. The summed E-state index contributed by atoms with van der Waals surface area (Å²) in [7, 11) is 0. The molecule has 1 aromatic rings. The minimum absolute atomic E-state index is 0.0910. The van der Waals surface area contributed by atoms with Crippen LogP contribution in [0.1, 0.15) is 24.8 Å². The van der Waals surface area contributed by atoms with Crippen LogP contribution in [-0.4, -0.2) is 29.1 Å². The molecule has 0 spiro atoms. The normalized spacial score (nSPS) is 22.7. The van der Waals surface area contributed by atoms with Gasteiger partial charge in [-0.15, -0.1) is 0 Å². The summed E-state index contributed by atoms with van der Waals surface area (Å²) >= 11 is 3.16. The van der Waals surface area contributed by atoms with E-state index in [2.05, 4.69) is 9.89 Å². The summed E-state index contributed by atoms with van der Waals surface area (Å²) in [5, 5.41) is 4.95. The Kier molecular flexibility index (Phi) is 3.52. The van der Waals surface area contributed by atoms with Crippen LogP contribution in [0.3, 0.4) is 0 Å². The van der Waals surface area contributed by atoms with Crippen LogP contribution < -0.4 is 0 Å². The predicted molar refractivity (Wildman–Crippen MR) is 77.8 cm³/mol. The van der Waals surface area contributed by atoms with E-state index in [0.29, 0.717) is 0 Å². The molecule has 5 heteroatoms. The summed E-state index contributed by atoms with van der Waals surface area (Å²) < 4.78 is 0. The van der Waals surface area contributed by atoms with Crippen molar-refractivity contribution in [2.75, 3.05) is 13.1 Å². The summed E-state index contributed by atoms with van der Waals surface area (Å²) in [6.45, 7) is 2.07. The van der Waals surface area contributed by atoms with E-state index in [1.54, 1.807) is 11.3 Å². The second-order valence-electron chi connectivity index (χ2n) is 4.41. The highest BCUT2D eigenvalue weighted by atomic mass is 32.2. The Labute approximate surface area is 115 Å². The first-order valence-corrected chi connectivity index (χ1v) is 7.88. The number of rotatable bonds is 1. The molecular weight excluding hydrogens is 264 g/mol. The van der Waals surface area contributed by atoms with Gasteiger partial charge in [0.2, 0.25) is 0 Å². The predicted octanol–water partition coefficient (Wildman–Crippen LogP) is 3.20. The van der Waals surface area contributed by atoms with Crippen molar-refractivity contribution in [2.45, 2.75) is 19.3 Å². The molecule has 0 radical (unpaired) electrons. The van der Waals surface area contributed by atoms with Crippen LogP contribution in [0.5, 0.6) is 0 Å². The van der Waals surface area contributed by atoms with E-state index in [4.69, 9.17) is 0 Å². The number of carbonyl (C=O) groups is 1. The average Bonchev–Trinajstić information content (AvgIpc) is 3.02. The lowest BCUT2D eigenvalue weighted by molar-refractivity contribution is -0.113. The summed E-state index contributed by atoms with van der Waals surface area (Å²) in [5.74, 6) is -0.0910. The minimum atomic E-state index is -0.0910. The van der Waals surface area contributed by atoms with Gasteiger partial charge < -0.3 is 4.90 Å². The Morgan fingerprint density at radius 3 is 2.83 bits per heavy atom. The highest BCUT2D eigenvalue weighted by molar-refractivity contribution is 8.18. The first kappa shape index (κ1) is 12.0. The van der Waals surface area contributed by atoms with Gasteiger partial charge in [0, 0.05) is 13.1 Å². The maximum atomic E-state index is 11.9. The van der Waals surface area contributed by atoms with Gasteiger partial charge in [-0.25, -0.2) is 0 Å². The topological polar surface area (TPSA) is 32.7 Å². The summed E-state index contributed by atoms with van der Waals surface area (Å²) in [4.78, 5) is 19.0. The Bertz CT molecular complexity index is 499. The lowest BCUT2D eigenvalue weighted by Crippen LogP contribution is -2.33. The van der Waals surface area contributed by atoms with Gasteiger partial charge in [-0.1, -0.05) is 0 Å². The van der Waals surface area contributed by atoms with Gasteiger partial charge in [0.25, 0.3) is 5.91 Å². The fourth-order valence-electron chi connectivity index (χ4n) is 2.13. The zero-order valence-electron chi connectivity index (χ0n) is 9.96. The molecule has 0 aromatic carbocycles. The molecule has 1 aromatic heterocycles. The van der Waals surface area contributed by atoms with E-state index in [1.807, 2.05) is 22.9 Å². The SMILES string of the molecule is O=C1N=C(N2CCCCC2)S/C1=C\c1ccsc1. The van der Waals surface area contributed by atoms with Crippen LogP contribution in [0.25, 0.3) is 6.08 Å². The van der Waals surface area contributed by atoms with Gasteiger partial charge >= 0.3 is 0 Å². The largest absolute Gasteiger partial charge is 0.351 e. The molecule has 0 N–H and O–H groups in total. The van der Waals surface area contributed by atoms with Crippen molar-refractivity contribution >= 4 is 40.2 Å². The lowest BCUT2D eigenvalue weighted by Gasteiger charge is -2.27. The highest BCUT2D eigenvalue weighted by Crippen LogP contribution is 2.31. The van der Waals surface area contributed by atoms with Crippen molar-refractivity contribution in [3.05, 3.63) is 27.3 Å². The van der Waals surface area contributed by atoms with E-state index < -0.39 is 0 Å². The molecule has 1 fully saturated rings. The zero-order chi connectivity index (χ0) is 12.4. The van der Waals surface area contributed by atoms with E-state index in [0.717, 1.165) is 28.7 Å². The monoisotopic (exact) mass is 278 g/mol. The van der Waals surface area contributed by atoms with Gasteiger partial charge in [-0.2, -0.15) is 16.3 Å². The molecule has 1 amide bonds. The molecule has 0 aliphatic carbocycles. The number of thioether (sulfide) groups is 1. The number of aliphatic imine (C=N–C) groups is 1. The average molecular weight is 278 g/mol. The second kappa shape index (κ2) is 5.28. The van der Waals surface area contributed by atoms with Crippen LogP contribution in [0.4, 0.5) is 0 Å². The van der Waals surface area contributed by atoms with Crippen LogP contribution in [0, 0.1) is 0 Å². The van der Waals surface area contributed by atoms with E-state index in [9.17, 15) is 4.79 Å². The third kappa shape index (κ3) is 2.52. The molecule has 3 rings (SSSR count). The van der Waals surface area contributed by atoms with Gasteiger partial charge in [-0.05, 0) is 59.5 Å². The van der Waals surface area contributed by atoms with Crippen molar-refractivity contribution in [1.82, 2.24) is 4.90 Å². The number of carbonyl (C=O) groups excluding carboxylic acids is 1. The standard InChI is InChI=1S/C13H14N2OS2/c16-12-11(8-10-4-7-17-9-10)18-13(14-12)15-5-2-1-3-6-15/h4,7-9H,1-3,5-6H2/b11-8-. The minimum Gasteiger partial charge on any atom is -0.351 e. The van der Waals surface area contributed by atoms with Crippen molar-refractivity contribution < 1.29 is 4.79 Å². The van der Waals surface area contributed by atoms with Crippen molar-refractivity contribution in [3.63, 3.8) is 0 Å². The first-order chi connectivity index (χ1) is 8.83. The fraction of sp³-hybridized carbons (Fsp3) is 0.385. The Morgan fingerprint density at radius 1 is 1.28 bits per heavy atom. The molecule has 94 valence electrons. The van der Waals surface area contributed by atoms with Crippen molar-refractivity contribution in [1.29, 1.82) is 0 Å². The molecule has 0 atom stereocenters. The molecule has 0 saturated carbocycles. The smallest absolute Gasteiger partial charge is 0.286 e. The molecule has 3 nitrogen and oxygen atoms in total. The molecule has 18 heavy (non-hydrogen) atoms. The Hall–Kier alpha value is -1.07. The van der Waals surface area contributed by atoms with Crippen LogP contribution >= 0.6 is 23.1 Å². The zero-order valence-corrected chi connectivity index (χ0v) is 11.6. The molecule has 0 unspecified atom stereocenters. The van der Waals surface area contributed by atoms with E-state index >= 15 is 0 Å². The number of thiophene rings is 1. The Morgan fingerprint density at radius 2 is 2.11 bits per heavy atom. The van der Waals surface area contributed by atoms with Gasteiger partial charge in [0.05, 0.1) is 4.91 Å². The number of hydrogen-bond acceptors (Lipinski definition) is 4. The number of hydrogen-bond donors (Lipinski definition) is 0. The fourth-order valence-corrected chi connectivity index (χ4v) is 3.71. The lowest BCUT2D eigenvalue weighted by atomic mass is 10.1. The third-order valence-electron chi connectivity index (χ3n) is 3.08. The first-order valence-electron chi connectivity index (χ1n) is 6.13. The number of piperidine rings is 1. The summed E-state index contributed by atoms with van der Waals surface area (Å²) in [6, 6.07) is 2.02.